The molecule has 0 aliphatic rings. The van der Waals surface area contributed by atoms with Gasteiger partial charge in [-0.25, -0.2) is 4.98 Å². The number of nitrogens with zero attached hydrogens (tertiary/aromatic N) is 2. The van der Waals surface area contributed by atoms with Crippen molar-refractivity contribution in [3.8, 4) is 5.88 Å². The summed E-state index contributed by atoms with van der Waals surface area (Å²) >= 11 is 0. The zero-order valence-electron chi connectivity index (χ0n) is 8.58. The normalized spacial score (nSPS) is 9.57. The minimum Gasteiger partial charge on any atom is -0.478 e. The van der Waals surface area contributed by atoms with Crippen molar-refractivity contribution in [2.75, 3.05) is 18.5 Å². The molecule has 4 heteroatoms. The van der Waals surface area contributed by atoms with Crippen LogP contribution in [0.5, 0.6) is 5.88 Å². The van der Waals surface area contributed by atoms with E-state index >= 15 is 0 Å². The third-order valence-corrected chi connectivity index (χ3v) is 1.53. The molecule has 0 atom stereocenters. The number of anilines is 1. The lowest BCUT2D eigenvalue weighted by Gasteiger charge is -2.06. The molecule has 0 saturated carbocycles. The van der Waals surface area contributed by atoms with Crippen LogP contribution in [0.1, 0.15) is 12.6 Å². The van der Waals surface area contributed by atoms with Crippen molar-refractivity contribution in [2.45, 2.75) is 13.8 Å². The fourth-order valence-electron chi connectivity index (χ4n) is 1.00. The summed E-state index contributed by atoms with van der Waals surface area (Å²) < 4.78 is 5.29. The molecule has 14 heavy (non-hydrogen) atoms. The van der Waals surface area contributed by atoms with Crippen molar-refractivity contribution in [2.24, 2.45) is 0 Å². The second kappa shape index (κ2) is 5.21. The van der Waals surface area contributed by atoms with Crippen LogP contribution in [0, 0.1) is 6.92 Å². The number of hydrogen-bond acceptors (Lipinski definition) is 4. The Morgan fingerprint density at radius 2 is 2.36 bits per heavy atom. The molecular formula is C10H15N3O. The van der Waals surface area contributed by atoms with Gasteiger partial charge in [-0.1, -0.05) is 6.08 Å². The summed E-state index contributed by atoms with van der Waals surface area (Å²) in [7, 11) is 0. The molecule has 0 unspecified atom stereocenters. The molecule has 0 aliphatic heterocycles. The van der Waals surface area contributed by atoms with Crippen molar-refractivity contribution in [1.82, 2.24) is 9.97 Å². The van der Waals surface area contributed by atoms with Crippen molar-refractivity contribution in [1.29, 1.82) is 0 Å². The molecule has 0 radical (unpaired) electrons. The number of hydrogen-bond donors (Lipinski definition) is 1. The second-order valence-electron chi connectivity index (χ2n) is 2.77. The predicted octanol–water partition coefficient (Wildman–Crippen LogP) is 1.78. The molecule has 1 rings (SSSR count). The topological polar surface area (TPSA) is 47.0 Å². The average molecular weight is 193 g/mol. The summed E-state index contributed by atoms with van der Waals surface area (Å²) in [6.07, 6.45) is 1.76. The Bertz CT molecular complexity index is 312. The molecule has 1 aromatic rings. The van der Waals surface area contributed by atoms with Gasteiger partial charge in [-0.15, -0.1) is 6.58 Å². The Hall–Kier alpha value is -1.58. The number of rotatable bonds is 5. The highest BCUT2D eigenvalue weighted by molar-refractivity contribution is 5.31. The SMILES string of the molecule is C=CCNc1nc(C)cc(OCC)n1. The molecule has 0 aromatic carbocycles. The van der Waals surface area contributed by atoms with E-state index in [4.69, 9.17) is 4.74 Å². The van der Waals surface area contributed by atoms with E-state index in [9.17, 15) is 0 Å². The van der Waals surface area contributed by atoms with Crippen molar-refractivity contribution >= 4 is 5.95 Å². The van der Waals surface area contributed by atoms with Gasteiger partial charge in [-0.05, 0) is 13.8 Å². The fraction of sp³-hybridized carbons (Fsp3) is 0.400. The maximum absolute atomic E-state index is 5.29. The van der Waals surface area contributed by atoms with Gasteiger partial charge in [-0.3, -0.25) is 0 Å². The van der Waals surface area contributed by atoms with Crippen LogP contribution in [0.25, 0.3) is 0 Å². The molecule has 76 valence electrons. The zero-order chi connectivity index (χ0) is 10.4. The second-order valence-corrected chi connectivity index (χ2v) is 2.77. The van der Waals surface area contributed by atoms with E-state index in [-0.39, 0.29) is 0 Å². The molecule has 1 aromatic heterocycles. The highest BCUT2D eigenvalue weighted by atomic mass is 16.5. The monoisotopic (exact) mass is 193 g/mol. The average Bonchev–Trinajstić information content (AvgIpc) is 2.14. The molecule has 0 aliphatic carbocycles. The first kappa shape index (κ1) is 10.5. The summed E-state index contributed by atoms with van der Waals surface area (Å²) in [4.78, 5) is 8.37. The molecule has 0 spiro atoms. The lowest BCUT2D eigenvalue weighted by Crippen LogP contribution is -2.05. The van der Waals surface area contributed by atoms with Gasteiger partial charge in [0.1, 0.15) is 0 Å². The molecule has 1 N–H and O–H groups in total. The molecule has 1 heterocycles. The minimum absolute atomic E-state index is 0.577. The maximum Gasteiger partial charge on any atom is 0.226 e. The van der Waals surface area contributed by atoms with Gasteiger partial charge < -0.3 is 10.1 Å². The van der Waals surface area contributed by atoms with Crippen molar-refractivity contribution in [3.63, 3.8) is 0 Å². The van der Waals surface area contributed by atoms with Crippen LogP contribution in [-0.2, 0) is 0 Å². The van der Waals surface area contributed by atoms with Crippen molar-refractivity contribution in [3.05, 3.63) is 24.4 Å². The predicted molar refractivity (Wildman–Crippen MR) is 56.6 cm³/mol. The van der Waals surface area contributed by atoms with Crippen LogP contribution in [0.4, 0.5) is 5.95 Å². The Kier molecular flexibility index (Phi) is 3.91. The van der Waals surface area contributed by atoms with Crippen LogP contribution in [-0.4, -0.2) is 23.1 Å². The number of ether oxygens (including phenoxy) is 1. The first-order valence-corrected chi connectivity index (χ1v) is 4.59. The number of aromatic nitrogens is 2. The van der Waals surface area contributed by atoms with E-state index in [1.54, 1.807) is 6.08 Å². The van der Waals surface area contributed by atoms with Crippen LogP contribution < -0.4 is 10.1 Å². The third kappa shape index (κ3) is 3.05. The summed E-state index contributed by atoms with van der Waals surface area (Å²) in [5, 5.41) is 3.01. The maximum atomic E-state index is 5.29. The minimum atomic E-state index is 0.577. The first-order chi connectivity index (χ1) is 6.76. The molecule has 0 fully saturated rings. The van der Waals surface area contributed by atoms with E-state index in [0.717, 1.165) is 5.69 Å². The Morgan fingerprint density at radius 3 is 3.00 bits per heavy atom. The van der Waals surface area contributed by atoms with Gasteiger partial charge in [0.2, 0.25) is 11.8 Å². The van der Waals surface area contributed by atoms with Crippen LogP contribution in [0.15, 0.2) is 18.7 Å². The van der Waals surface area contributed by atoms with E-state index in [2.05, 4.69) is 21.9 Å². The van der Waals surface area contributed by atoms with Crippen LogP contribution >= 0.6 is 0 Å². The highest BCUT2D eigenvalue weighted by Crippen LogP contribution is 2.11. The molecular weight excluding hydrogens is 178 g/mol. The summed E-state index contributed by atoms with van der Waals surface area (Å²) in [6.45, 7) is 8.69. The first-order valence-electron chi connectivity index (χ1n) is 4.59. The summed E-state index contributed by atoms with van der Waals surface area (Å²) in [5.41, 5.74) is 0.884. The standard InChI is InChI=1S/C10H15N3O/c1-4-6-11-10-12-8(3)7-9(13-10)14-5-2/h4,7H,1,5-6H2,2-3H3,(H,11,12,13). The Balaban J connectivity index is 2.77. The Morgan fingerprint density at radius 1 is 1.57 bits per heavy atom. The summed E-state index contributed by atoms with van der Waals surface area (Å²) in [5.74, 6) is 1.18. The van der Waals surface area contributed by atoms with Gasteiger partial charge in [0, 0.05) is 18.3 Å². The number of aryl methyl sites for hydroxylation is 1. The van der Waals surface area contributed by atoms with E-state index in [1.807, 2.05) is 19.9 Å². The lowest BCUT2D eigenvalue weighted by atomic mass is 10.4. The molecule has 4 nitrogen and oxygen atoms in total. The Labute approximate surface area is 84.0 Å². The van der Waals surface area contributed by atoms with E-state index in [0.29, 0.717) is 25.0 Å². The fourth-order valence-corrected chi connectivity index (χ4v) is 1.00. The van der Waals surface area contributed by atoms with Gasteiger partial charge in [-0.2, -0.15) is 4.98 Å². The zero-order valence-corrected chi connectivity index (χ0v) is 8.58. The van der Waals surface area contributed by atoms with Gasteiger partial charge in [0.05, 0.1) is 6.61 Å². The van der Waals surface area contributed by atoms with E-state index in [1.165, 1.54) is 0 Å². The smallest absolute Gasteiger partial charge is 0.226 e. The largest absolute Gasteiger partial charge is 0.478 e. The van der Waals surface area contributed by atoms with E-state index < -0.39 is 0 Å². The molecule has 0 saturated heterocycles. The molecule has 0 bridgehead atoms. The highest BCUT2D eigenvalue weighted by Gasteiger charge is 2.00. The quantitative estimate of drug-likeness (QED) is 0.724. The summed E-state index contributed by atoms with van der Waals surface area (Å²) in [6, 6.07) is 1.81. The van der Waals surface area contributed by atoms with Crippen molar-refractivity contribution < 1.29 is 4.74 Å². The van der Waals surface area contributed by atoms with Gasteiger partial charge in [0.15, 0.2) is 0 Å². The molecule has 0 amide bonds. The van der Waals surface area contributed by atoms with Gasteiger partial charge >= 0.3 is 0 Å². The number of nitrogens with one attached hydrogen (secondary N) is 1. The van der Waals surface area contributed by atoms with Crippen LogP contribution in [0.3, 0.4) is 0 Å². The third-order valence-electron chi connectivity index (χ3n) is 1.53. The van der Waals surface area contributed by atoms with Crippen LogP contribution in [0.2, 0.25) is 0 Å². The lowest BCUT2D eigenvalue weighted by molar-refractivity contribution is 0.326. The van der Waals surface area contributed by atoms with Gasteiger partial charge in [0.25, 0.3) is 0 Å².